The van der Waals surface area contributed by atoms with Gasteiger partial charge in [0.25, 0.3) is 0 Å². The molecule has 0 heterocycles. The second-order valence-corrected chi connectivity index (χ2v) is 8.74. The molecule has 1 heteroatoms. The van der Waals surface area contributed by atoms with Crippen LogP contribution in [0.5, 0.6) is 5.75 Å². The van der Waals surface area contributed by atoms with E-state index in [0.29, 0.717) is 6.61 Å². The highest BCUT2D eigenvalue weighted by Crippen LogP contribution is 2.29. The fourth-order valence-electron chi connectivity index (χ4n) is 5.19. The Labute approximate surface area is 188 Å². The van der Waals surface area contributed by atoms with Crippen LogP contribution in [-0.4, -0.2) is 0 Å². The fraction of sp³-hybridized carbons (Fsp3) is 0.161. The molecule has 0 aliphatic heterocycles. The Kier molecular flexibility index (Phi) is 4.88. The highest BCUT2D eigenvalue weighted by atomic mass is 16.5. The molecule has 2 aliphatic rings. The molecule has 0 spiro atoms. The van der Waals surface area contributed by atoms with Crippen molar-refractivity contribution in [2.75, 3.05) is 0 Å². The quantitative estimate of drug-likeness (QED) is 0.418. The van der Waals surface area contributed by atoms with Gasteiger partial charge >= 0.3 is 0 Å². The first-order valence-electron chi connectivity index (χ1n) is 11.6. The van der Waals surface area contributed by atoms with Gasteiger partial charge in [0.1, 0.15) is 12.4 Å². The lowest BCUT2D eigenvalue weighted by molar-refractivity contribution is 0.306. The molecule has 32 heavy (non-hydrogen) atoms. The molecule has 0 radical (unpaired) electrons. The predicted octanol–water partition coefficient (Wildman–Crippen LogP) is 5.67. The molecule has 0 atom stereocenters. The number of rotatable bonds is 4. The number of benzene rings is 4. The molecule has 0 amide bonds. The van der Waals surface area contributed by atoms with Gasteiger partial charge in [0, 0.05) is 0 Å². The summed E-state index contributed by atoms with van der Waals surface area (Å²) in [5.74, 6) is 0.914. The van der Waals surface area contributed by atoms with Gasteiger partial charge in [-0.15, -0.1) is 0 Å². The van der Waals surface area contributed by atoms with Crippen molar-refractivity contribution in [3.8, 4) is 16.9 Å². The first kappa shape index (κ1) is 19.1. The van der Waals surface area contributed by atoms with Gasteiger partial charge in [-0.05, 0) is 92.6 Å². The van der Waals surface area contributed by atoms with Crippen molar-refractivity contribution in [3.05, 3.63) is 122 Å². The molecule has 4 aromatic carbocycles. The average Bonchev–Trinajstić information content (AvgIpc) is 2.87. The second kappa shape index (κ2) is 8.16. The molecule has 0 N–H and O–H groups in total. The van der Waals surface area contributed by atoms with Crippen LogP contribution >= 0.6 is 0 Å². The number of fused-ring (bicyclic) bond motifs is 4. The molecular weight excluding hydrogens is 388 g/mol. The van der Waals surface area contributed by atoms with Gasteiger partial charge in [-0.25, -0.2) is 0 Å². The highest BCUT2D eigenvalue weighted by Gasteiger charge is 2.16. The van der Waals surface area contributed by atoms with E-state index in [1.54, 1.807) is 5.56 Å². The van der Waals surface area contributed by atoms with Gasteiger partial charge in [0.2, 0.25) is 0 Å². The number of hydrogen-bond donors (Lipinski definition) is 0. The van der Waals surface area contributed by atoms with Crippen LogP contribution < -0.4 is 15.2 Å². The van der Waals surface area contributed by atoms with Crippen LogP contribution in [0.3, 0.4) is 0 Å². The van der Waals surface area contributed by atoms with E-state index in [4.69, 9.17) is 4.74 Å². The summed E-state index contributed by atoms with van der Waals surface area (Å²) in [6.07, 6.45) is 9.45. The van der Waals surface area contributed by atoms with E-state index in [1.165, 1.54) is 62.4 Å². The van der Waals surface area contributed by atoms with Crippen LogP contribution in [0.25, 0.3) is 23.3 Å². The van der Waals surface area contributed by atoms with Crippen LogP contribution in [0.15, 0.2) is 84.9 Å². The first-order valence-corrected chi connectivity index (χ1v) is 11.6. The van der Waals surface area contributed by atoms with E-state index in [1.807, 2.05) is 6.07 Å². The molecule has 1 nitrogen and oxygen atoms in total. The van der Waals surface area contributed by atoms with E-state index in [2.05, 4.69) is 91.0 Å². The lowest BCUT2D eigenvalue weighted by Gasteiger charge is -2.20. The van der Waals surface area contributed by atoms with Gasteiger partial charge < -0.3 is 4.74 Å². The van der Waals surface area contributed by atoms with Crippen LogP contribution in [-0.2, 0) is 19.4 Å². The van der Waals surface area contributed by atoms with Crippen molar-refractivity contribution >= 4 is 12.2 Å². The summed E-state index contributed by atoms with van der Waals surface area (Å²) >= 11 is 0. The van der Waals surface area contributed by atoms with Gasteiger partial charge in [-0.1, -0.05) is 78.9 Å². The Morgan fingerprint density at radius 3 is 2.53 bits per heavy atom. The van der Waals surface area contributed by atoms with Gasteiger partial charge in [0.05, 0.1) is 0 Å². The smallest absolute Gasteiger partial charge is 0.120 e. The third-order valence-corrected chi connectivity index (χ3v) is 6.73. The Balaban J connectivity index is 1.54. The minimum atomic E-state index is 0.582. The van der Waals surface area contributed by atoms with Crippen LogP contribution in [0.1, 0.15) is 29.5 Å². The van der Waals surface area contributed by atoms with Crippen molar-refractivity contribution in [2.24, 2.45) is 0 Å². The van der Waals surface area contributed by atoms with Crippen LogP contribution in [0.2, 0.25) is 0 Å². The van der Waals surface area contributed by atoms with Crippen molar-refractivity contribution < 1.29 is 4.74 Å². The maximum atomic E-state index is 6.17. The van der Waals surface area contributed by atoms with Crippen LogP contribution in [0, 0.1) is 10.4 Å². The third kappa shape index (κ3) is 3.44. The molecule has 4 aromatic rings. The normalized spacial score (nSPS) is 13.8. The van der Waals surface area contributed by atoms with Crippen molar-refractivity contribution in [1.82, 2.24) is 0 Å². The Bertz CT molecular complexity index is 1510. The zero-order valence-electron chi connectivity index (χ0n) is 18.2. The molecular formula is C31H26O. The SMILES string of the molecule is C1=c2cc(-c3cccc(OCc4ccccc4)c3)c3c(c2CCC1)CC=c1ccccc1=3. The van der Waals surface area contributed by atoms with Gasteiger partial charge in [0.15, 0.2) is 0 Å². The zero-order chi connectivity index (χ0) is 21.3. The second-order valence-electron chi connectivity index (χ2n) is 8.74. The Morgan fingerprint density at radius 2 is 1.59 bits per heavy atom. The molecule has 0 saturated heterocycles. The standard InChI is InChI=1S/C31H26O/c1-2-9-22(10-3-1)21-32-26-14-8-13-24(19-26)30-20-25-12-5-6-15-27(25)29-18-17-23-11-4-7-16-28(23)31(29)30/h1-4,7-14,16-17,19-20H,5-6,15,18,21H2. The average molecular weight is 415 g/mol. The minimum absolute atomic E-state index is 0.582. The van der Waals surface area contributed by atoms with Crippen molar-refractivity contribution in [3.63, 3.8) is 0 Å². The van der Waals surface area contributed by atoms with E-state index < -0.39 is 0 Å². The molecule has 0 unspecified atom stereocenters. The van der Waals surface area contributed by atoms with E-state index in [-0.39, 0.29) is 0 Å². The molecule has 2 aliphatic carbocycles. The largest absolute Gasteiger partial charge is 0.489 e. The minimum Gasteiger partial charge on any atom is -0.489 e. The first-order chi connectivity index (χ1) is 15.9. The summed E-state index contributed by atoms with van der Waals surface area (Å²) in [6, 6.07) is 30.2. The lowest BCUT2D eigenvalue weighted by Crippen LogP contribution is -2.20. The third-order valence-electron chi connectivity index (χ3n) is 6.73. The van der Waals surface area contributed by atoms with Gasteiger partial charge in [-0.2, -0.15) is 0 Å². The number of hydrogen-bond acceptors (Lipinski definition) is 1. The monoisotopic (exact) mass is 414 g/mol. The maximum Gasteiger partial charge on any atom is 0.120 e. The highest BCUT2D eigenvalue weighted by molar-refractivity contribution is 5.70. The zero-order valence-corrected chi connectivity index (χ0v) is 18.2. The molecule has 0 fully saturated rings. The van der Waals surface area contributed by atoms with E-state index in [9.17, 15) is 0 Å². The van der Waals surface area contributed by atoms with Gasteiger partial charge in [-0.3, -0.25) is 0 Å². The Morgan fingerprint density at radius 1 is 0.719 bits per heavy atom. The lowest BCUT2D eigenvalue weighted by atomic mass is 9.85. The topological polar surface area (TPSA) is 9.23 Å². The molecule has 156 valence electrons. The summed E-state index contributed by atoms with van der Waals surface area (Å²) in [4.78, 5) is 0. The van der Waals surface area contributed by atoms with E-state index >= 15 is 0 Å². The summed E-state index contributed by atoms with van der Waals surface area (Å²) in [7, 11) is 0. The van der Waals surface area contributed by atoms with E-state index in [0.717, 1.165) is 12.2 Å². The number of ether oxygens (including phenoxy) is 1. The summed E-state index contributed by atoms with van der Waals surface area (Å²) in [5.41, 5.74) is 6.80. The predicted molar refractivity (Wildman–Crippen MR) is 132 cm³/mol. The Hall–Kier alpha value is -3.58. The molecule has 0 bridgehead atoms. The van der Waals surface area contributed by atoms with Crippen molar-refractivity contribution in [1.29, 1.82) is 0 Å². The maximum absolute atomic E-state index is 6.17. The molecule has 0 saturated carbocycles. The fourth-order valence-corrected chi connectivity index (χ4v) is 5.19. The summed E-state index contributed by atoms with van der Waals surface area (Å²) in [6.45, 7) is 0.582. The van der Waals surface area contributed by atoms with Crippen LogP contribution in [0.4, 0.5) is 0 Å². The summed E-state index contributed by atoms with van der Waals surface area (Å²) < 4.78 is 6.17. The molecule has 6 rings (SSSR count). The van der Waals surface area contributed by atoms with Crippen molar-refractivity contribution in [2.45, 2.75) is 32.3 Å². The summed E-state index contributed by atoms with van der Waals surface area (Å²) in [5, 5.41) is 5.54. The molecule has 0 aromatic heterocycles.